The van der Waals surface area contributed by atoms with Crippen LogP contribution in [0, 0.1) is 0 Å². The Hall–Kier alpha value is -1.06. The van der Waals surface area contributed by atoms with Crippen molar-refractivity contribution >= 4 is 35.6 Å². The van der Waals surface area contributed by atoms with Crippen LogP contribution in [-0.4, -0.2) is 77.6 Å². The largest absolute Gasteiger partial charge is 0.385 e. The second kappa shape index (κ2) is 15.7. The van der Waals surface area contributed by atoms with Gasteiger partial charge in [-0.3, -0.25) is 4.99 Å². The van der Waals surface area contributed by atoms with Gasteiger partial charge in [0.1, 0.15) is 0 Å². The van der Waals surface area contributed by atoms with Gasteiger partial charge in [-0.2, -0.15) is 0 Å². The highest BCUT2D eigenvalue weighted by Gasteiger charge is 2.21. The Morgan fingerprint density at radius 1 is 1.14 bits per heavy atom. The SMILES string of the molecule is CN=C(NCCCCN(C)c1ccccc1)N1CCC(OCCCOC)CC1.I. The number of methoxy groups -OCH3 is 1. The Balaban J connectivity index is 0.00000420. The maximum Gasteiger partial charge on any atom is 0.193 e. The molecular weight excluding hydrogens is 479 g/mol. The average molecular weight is 518 g/mol. The second-order valence-electron chi connectivity index (χ2n) is 7.34. The van der Waals surface area contributed by atoms with Crippen LogP contribution >= 0.6 is 24.0 Å². The van der Waals surface area contributed by atoms with E-state index in [1.165, 1.54) is 5.69 Å². The van der Waals surface area contributed by atoms with E-state index < -0.39 is 0 Å². The van der Waals surface area contributed by atoms with Gasteiger partial charge in [0.15, 0.2) is 5.96 Å². The fraction of sp³-hybridized carbons (Fsp3) is 0.682. The Morgan fingerprint density at radius 3 is 2.52 bits per heavy atom. The van der Waals surface area contributed by atoms with E-state index in [2.05, 4.69) is 57.5 Å². The molecule has 0 radical (unpaired) electrons. The maximum atomic E-state index is 5.95. The number of halogens is 1. The molecule has 1 N–H and O–H groups in total. The molecular formula is C22H39IN4O2. The zero-order chi connectivity index (χ0) is 20.0. The first-order valence-corrected chi connectivity index (χ1v) is 10.6. The lowest BCUT2D eigenvalue weighted by molar-refractivity contribution is 0.00991. The fourth-order valence-corrected chi connectivity index (χ4v) is 3.51. The van der Waals surface area contributed by atoms with Crippen LogP contribution in [0.1, 0.15) is 32.1 Å². The number of ether oxygens (including phenoxy) is 2. The third kappa shape index (κ3) is 10.00. The number of nitrogens with one attached hydrogen (secondary N) is 1. The third-order valence-corrected chi connectivity index (χ3v) is 5.20. The molecule has 1 aromatic rings. The summed E-state index contributed by atoms with van der Waals surface area (Å²) in [4.78, 5) is 9.13. The normalized spacial score (nSPS) is 15.1. The first kappa shape index (κ1) is 26.0. The summed E-state index contributed by atoms with van der Waals surface area (Å²) in [6.45, 7) is 5.61. The summed E-state index contributed by atoms with van der Waals surface area (Å²) < 4.78 is 11.0. The van der Waals surface area contributed by atoms with Crippen molar-refractivity contribution in [1.29, 1.82) is 0 Å². The van der Waals surface area contributed by atoms with E-state index in [4.69, 9.17) is 9.47 Å². The van der Waals surface area contributed by atoms with Crippen LogP contribution in [0.4, 0.5) is 5.69 Å². The van der Waals surface area contributed by atoms with Gasteiger partial charge in [0.2, 0.25) is 0 Å². The van der Waals surface area contributed by atoms with Gasteiger partial charge < -0.3 is 24.6 Å². The van der Waals surface area contributed by atoms with E-state index in [-0.39, 0.29) is 24.0 Å². The summed E-state index contributed by atoms with van der Waals surface area (Å²) in [6, 6.07) is 10.6. The molecule has 166 valence electrons. The number of unbranched alkanes of at least 4 members (excludes halogenated alkanes) is 1. The highest BCUT2D eigenvalue weighted by Crippen LogP contribution is 2.14. The van der Waals surface area contributed by atoms with Crippen LogP contribution in [0.2, 0.25) is 0 Å². The minimum absolute atomic E-state index is 0. The smallest absolute Gasteiger partial charge is 0.193 e. The quantitative estimate of drug-likeness (QED) is 0.210. The molecule has 0 bridgehead atoms. The molecule has 1 heterocycles. The zero-order valence-corrected chi connectivity index (χ0v) is 20.6. The molecule has 1 saturated heterocycles. The van der Waals surface area contributed by atoms with Crippen molar-refractivity contribution in [3.05, 3.63) is 30.3 Å². The molecule has 1 aliphatic heterocycles. The topological polar surface area (TPSA) is 49.3 Å². The van der Waals surface area contributed by atoms with Gasteiger partial charge in [-0.1, -0.05) is 18.2 Å². The summed E-state index contributed by atoms with van der Waals surface area (Å²) in [5.74, 6) is 1.02. The predicted octanol–water partition coefficient (Wildman–Crippen LogP) is 3.61. The molecule has 0 amide bonds. The van der Waals surface area contributed by atoms with Crippen LogP contribution in [0.25, 0.3) is 0 Å². The van der Waals surface area contributed by atoms with Crippen LogP contribution < -0.4 is 10.2 Å². The molecule has 2 rings (SSSR count). The number of rotatable bonds is 11. The van der Waals surface area contributed by atoms with Gasteiger partial charge in [0.05, 0.1) is 6.10 Å². The number of piperidine rings is 1. The van der Waals surface area contributed by atoms with Crippen LogP contribution in [-0.2, 0) is 9.47 Å². The minimum Gasteiger partial charge on any atom is -0.385 e. The van der Waals surface area contributed by atoms with Gasteiger partial charge in [0.25, 0.3) is 0 Å². The fourth-order valence-electron chi connectivity index (χ4n) is 3.51. The molecule has 1 fully saturated rings. The van der Waals surface area contributed by atoms with E-state index in [9.17, 15) is 0 Å². The summed E-state index contributed by atoms with van der Waals surface area (Å²) in [5.41, 5.74) is 1.28. The van der Waals surface area contributed by atoms with Gasteiger partial charge in [-0.25, -0.2) is 0 Å². The molecule has 29 heavy (non-hydrogen) atoms. The molecule has 1 aromatic carbocycles. The molecule has 0 saturated carbocycles. The molecule has 7 heteroatoms. The number of nitrogens with zero attached hydrogens (tertiary/aromatic N) is 3. The average Bonchev–Trinajstić information content (AvgIpc) is 2.75. The van der Waals surface area contributed by atoms with Crippen molar-refractivity contribution in [3.63, 3.8) is 0 Å². The van der Waals surface area contributed by atoms with Gasteiger partial charge in [0, 0.05) is 66.3 Å². The molecule has 0 spiro atoms. The molecule has 0 atom stereocenters. The first-order chi connectivity index (χ1) is 13.7. The number of likely N-dealkylation sites (tertiary alicyclic amines) is 1. The number of hydrogen-bond donors (Lipinski definition) is 1. The van der Waals surface area contributed by atoms with Crippen molar-refractivity contribution in [2.45, 2.75) is 38.2 Å². The molecule has 0 aliphatic carbocycles. The highest BCUT2D eigenvalue weighted by atomic mass is 127. The molecule has 0 aromatic heterocycles. The lowest BCUT2D eigenvalue weighted by atomic mass is 10.1. The molecule has 1 aliphatic rings. The van der Waals surface area contributed by atoms with E-state index in [1.54, 1.807) is 7.11 Å². The number of para-hydroxylation sites is 1. The summed E-state index contributed by atoms with van der Waals surface area (Å²) in [6.07, 6.45) is 5.77. The van der Waals surface area contributed by atoms with Gasteiger partial charge >= 0.3 is 0 Å². The molecule has 6 nitrogen and oxygen atoms in total. The number of guanidine groups is 1. The predicted molar refractivity (Wildman–Crippen MR) is 133 cm³/mol. The van der Waals surface area contributed by atoms with Crippen molar-refractivity contribution in [2.75, 3.05) is 65.5 Å². The third-order valence-electron chi connectivity index (χ3n) is 5.20. The highest BCUT2D eigenvalue weighted by molar-refractivity contribution is 14.0. The van der Waals surface area contributed by atoms with E-state index in [0.29, 0.717) is 6.10 Å². The van der Waals surface area contributed by atoms with Crippen LogP contribution in [0.3, 0.4) is 0 Å². The van der Waals surface area contributed by atoms with Crippen molar-refractivity contribution in [1.82, 2.24) is 10.2 Å². The number of aliphatic imine (C=N–C) groups is 1. The first-order valence-electron chi connectivity index (χ1n) is 10.6. The Labute approximate surface area is 194 Å². The van der Waals surface area contributed by atoms with Crippen LogP contribution in [0.15, 0.2) is 35.3 Å². The number of hydrogen-bond acceptors (Lipinski definition) is 4. The monoisotopic (exact) mass is 518 g/mol. The second-order valence-corrected chi connectivity index (χ2v) is 7.34. The van der Waals surface area contributed by atoms with Crippen LogP contribution in [0.5, 0.6) is 0 Å². The lowest BCUT2D eigenvalue weighted by Crippen LogP contribution is -2.47. The van der Waals surface area contributed by atoms with Gasteiger partial charge in [-0.05, 0) is 44.2 Å². The summed E-state index contributed by atoms with van der Waals surface area (Å²) in [7, 11) is 5.76. The van der Waals surface area contributed by atoms with Gasteiger partial charge in [-0.15, -0.1) is 24.0 Å². The Bertz CT molecular complexity index is 551. The minimum atomic E-state index is 0. The lowest BCUT2D eigenvalue weighted by Gasteiger charge is -2.34. The summed E-state index contributed by atoms with van der Waals surface area (Å²) in [5, 5.41) is 3.53. The Kier molecular flexibility index (Phi) is 14.1. The standard InChI is InChI=1S/C22H38N4O2.HI/c1-23-22(26-16-12-21(13-17-26)28-19-9-18-27-3)24-14-7-8-15-25(2)20-10-5-4-6-11-20;/h4-6,10-11,21H,7-9,12-19H2,1-3H3,(H,23,24);1H. The zero-order valence-electron chi connectivity index (χ0n) is 18.3. The maximum absolute atomic E-state index is 5.95. The number of anilines is 1. The van der Waals surface area contributed by atoms with Crippen molar-refractivity contribution < 1.29 is 9.47 Å². The van der Waals surface area contributed by atoms with Crippen molar-refractivity contribution in [3.8, 4) is 0 Å². The van der Waals surface area contributed by atoms with Crippen molar-refractivity contribution in [2.24, 2.45) is 4.99 Å². The summed E-state index contributed by atoms with van der Waals surface area (Å²) >= 11 is 0. The number of benzene rings is 1. The van der Waals surface area contributed by atoms with E-state index >= 15 is 0 Å². The van der Waals surface area contributed by atoms with E-state index in [0.717, 1.165) is 77.5 Å². The Morgan fingerprint density at radius 2 is 1.86 bits per heavy atom. The molecule has 0 unspecified atom stereocenters. The van der Waals surface area contributed by atoms with E-state index in [1.807, 2.05) is 7.05 Å².